The highest BCUT2D eigenvalue weighted by atomic mass is 79.9. The van der Waals surface area contributed by atoms with Crippen LogP contribution in [0.1, 0.15) is 10.4 Å². The fraction of sp³-hybridized carbons (Fsp3) is 0.133. The molecule has 0 fully saturated rings. The number of amides is 1. The molecule has 21 heavy (non-hydrogen) atoms. The summed E-state index contributed by atoms with van der Waals surface area (Å²) >= 11 is 3.06. The first-order chi connectivity index (χ1) is 10.1. The van der Waals surface area contributed by atoms with Crippen molar-refractivity contribution in [2.75, 3.05) is 19.5 Å². The van der Waals surface area contributed by atoms with Gasteiger partial charge in [-0.2, -0.15) is 0 Å². The summed E-state index contributed by atoms with van der Waals surface area (Å²) in [5.41, 5.74) is 0.658. The number of hydrogen-bond donors (Lipinski definition) is 1. The maximum Gasteiger partial charge on any atom is 0.259 e. The fourth-order valence-electron chi connectivity index (χ4n) is 1.84. The highest BCUT2D eigenvalue weighted by Gasteiger charge is 2.16. The Morgan fingerprint density at radius 2 is 1.95 bits per heavy atom. The Kier molecular flexibility index (Phi) is 4.80. The predicted molar refractivity (Wildman–Crippen MR) is 81.6 cm³/mol. The lowest BCUT2D eigenvalue weighted by molar-refractivity contribution is 0.102. The van der Waals surface area contributed by atoms with Gasteiger partial charge in [0.15, 0.2) is 11.5 Å². The smallest absolute Gasteiger partial charge is 0.259 e. The molecule has 6 heteroatoms. The zero-order valence-corrected chi connectivity index (χ0v) is 13.0. The Labute approximate surface area is 130 Å². The van der Waals surface area contributed by atoms with E-state index in [-0.39, 0.29) is 0 Å². The zero-order chi connectivity index (χ0) is 15.4. The van der Waals surface area contributed by atoms with Crippen molar-refractivity contribution in [1.82, 2.24) is 0 Å². The molecule has 4 nitrogen and oxygen atoms in total. The van der Waals surface area contributed by atoms with Crippen LogP contribution in [0.4, 0.5) is 10.1 Å². The highest BCUT2D eigenvalue weighted by molar-refractivity contribution is 9.10. The van der Waals surface area contributed by atoms with Gasteiger partial charge in [-0.1, -0.05) is 6.07 Å². The molecule has 0 spiro atoms. The van der Waals surface area contributed by atoms with Crippen LogP contribution in [0, 0.1) is 5.82 Å². The minimum Gasteiger partial charge on any atom is -0.493 e. The number of rotatable bonds is 4. The van der Waals surface area contributed by atoms with Crippen molar-refractivity contribution in [2.45, 2.75) is 0 Å². The van der Waals surface area contributed by atoms with Gasteiger partial charge in [0.05, 0.1) is 24.3 Å². The number of methoxy groups -OCH3 is 2. The summed E-state index contributed by atoms with van der Waals surface area (Å²) in [6.45, 7) is 0. The van der Waals surface area contributed by atoms with Crippen molar-refractivity contribution < 1.29 is 18.7 Å². The minimum absolute atomic E-state index is 0.306. The predicted octanol–water partition coefficient (Wildman–Crippen LogP) is 3.86. The van der Waals surface area contributed by atoms with Crippen molar-refractivity contribution >= 4 is 27.5 Å². The Morgan fingerprint density at radius 3 is 2.57 bits per heavy atom. The molecular formula is C15H13BrFNO3. The van der Waals surface area contributed by atoms with Gasteiger partial charge in [0.25, 0.3) is 5.91 Å². The zero-order valence-electron chi connectivity index (χ0n) is 11.4. The maximum atomic E-state index is 13.5. The Bertz CT molecular complexity index is 676. The van der Waals surface area contributed by atoms with E-state index in [4.69, 9.17) is 9.47 Å². The van der Waals surface area contributed by atoms with E-state index in [1.165, 1.54) is 26.4 Å². The lowest BCUT2D eigenvalue weighted by Crippen LogP contribution is -2.13. The minimum atomic E-state index is -0.453. The largest absolute Gasteiger partial charge is 0.493 e. The van der Waals surface area contributed by atoms with Gasteiger partial charge in [-0.15, -0.1) is 0 Å². The van der Waals surface area contributed by atoms with Crippen LogP contribution in [0.2, 0.25) is 0 Å². The maximum absolute atomic E-state index is 13.5. The molecule has 0 aliphatic rings. The average molecular weight is 354 g/mol. The first-order valence-corrected chi connectivity index (χ1v) is 6.83. The third kappa shape index (κ3) is 3.33. The van der Waals surface area contributed by atoms with Gasteiger partial charge in [0.2, 0.25) is 0 Å². The van der Waals surface area contributed by atoms with Gasteiger partial charge in [0.1, 0.15) is 5.82 Å². The quantitative estimate of drug-likeness (QED) is 0.907. The van der Waals surface area contributed by atoms with Crippen LogP contribution in [0.5, 0.6) is 11.5 Å². The van der Waals surface area contributed by atoms with Crippen LogP contribution in [-0.2, 0) is 0 Å². The van der Waals surface area contributed by atoms with Crippen molar-refractivity contribution in [3.63, 3.8) is 0 Å². The van der Waals surface area contributed by atoms with Crippen molar-refractivity contribution in [3.05, 3.63) is 52.3 Å². The van der Waals surface area contributed by atoms with Crippen LogP contribution < -0.4 is 14.8 Å². The monoisotopic (exact) mass is 353 g/mol. The summed E-state index contributed by atoms with van der Waals surface area (Å²) < 4.78 is 24.1. The average Bonchev–Trinajstić information content (AvgIpc) is 2.49. The van der Waals surface area contributed by atoms with Crippen LogP contribution >= 0.6 is 15.9 Å². The lowest BCUT2D eigenvalue weighted by Gasteiger charge is -2.12. The van der Waals surface area contributed by atoms with Crippen LogP contribution in [-0.4, -0.2) is 20.1 Å². The number of carbonyl (C=O) groups is 1. The number of para-hydroxylation sites is 1. The molecule has 0 aromatic heterocycles. The molecule has 0 saturated carbocycles. The number of anilines is 1. The summed E-state index contributed by atoms with van der Waals surface area (Å²) in [6.07, 6.45) is 0. The van der Waals surface area contributed by atoms with Gasteiger partial charge < -0.3 is 14.8 Å². The molecule has 0 bridgehead atoms. The van der Waals surface area contributed by atoms with E-state index < -0.39 is 11.7 Å². The molecule has 110 valence electrons. The second-order valence-corrected chi connectivity index (χ2v) is 4.98. The first-order valence-electron chi connectivity index (χ1n) is 6.04. The molecule has 0 heterocycles. The number of hydrogen-bond acceptors (Lipinski definition) is 3. The second-order valence-electron chi connectivity index (χ2n) is 4.12. The third-order valence-electron chi connectivity index (χ3n) is 2.83. The van der Waals surface area contributed by atoms with E-state index in [9.17, 15) is 9.18 Å². The van der Waals surface area contributed by atoms with Crippen LogP contribution in [0.25, 0.3) is 0 Å². The van der Waals surface area contributed by atoms with Crippen molar-refractivity contribution in [2.24, 2.45) is 0 Å². The molecule has 0 unspecified atom stereocenters. The normalized spacial score (nSPS) is 10.1. The van der Waals surface area contributed by atoms with Gasteiger partial charge in [0, 0.05) is 5.69 Å². The van der Waals surface area contributed by atoms with E-state index in [2.05, 4.69) is 21.2 Å². The summed E-state index contributed by atoms with van der Waals surface area (Å²) in [4.78, 5) is 12.3. The highest BCUT2D eigenvalue weighted by Crippen LogP contribution is 2.31. The Hall–Kier alpha value is -2.08. The number of carbonyl (C=O) groups excluding carboxylic acids is 1. The van der Waals surface area contributed by atoms with Gasteiger partial charge in [-0.25, -0.2) is 4.39 Å². The molecule has 2 aromatic rings. The topological polar surface area (TPSA) is 47.6 Å². The summed E-state index contributed by atoms with van der Waals surface area (Å²) in [5, 5.41) is 2.62. The van der Waals surface area contributed by atoms with Gasteiger partial charge in [-0.05, 0) is 46.3 Å². The van der Waals surface area contributed by atoms with E-state index >= 15 is 0 Å². The van der Waals surface area contributed by atoms with E-state index in [1.54, 1.807) is 24.3 Å². The number of benzene rings is 2. The van der Waals surface area contributed by atoms with Crippen LogP contribution in [0.15, 0.2) is 40.9 Å². The molecular weight excluding hydrogens is 341 g/mol. The molecule has 1 amide bonds. The molecule has 2 rings (SSSR count). The first kappa shape index (κ1) is 15.3. The SMILES string of the molecule is COc1cccc(C(=O)Nc2ccc(Br)c(F)c2)c1OC. The molecule has 2 aromatic carbocycles. The van der Waals surface area contributed by atoms with Gasteiger partial charge in [-0.3, -0.25) is 4.79 Å². The molecule has 0 aliphatic heterocycles. The molecule has 1 N–H and O–H groups in total. The molecule has 0 saturated heterocycles. The third-order valence-corrected chi connectivity index (χ3v) is 3.47. The molecule has 0 aliphatic carbocycles. The number of ether oxygens (including phenoxy) is 2. The van der Waals surface area contributed by atoms with E-state index in [0.717, 1.165) is 0 Å². The van der Waals surface area contributed by atoms with Gasteiger partial charge >= 0.3 is 0 Å². The number of nitrogens with one attached hydrogen (secondary N) is 1. The summed E-state index contributed by atoms with van der Waals surface area (Å²) in [7, 11) is 2.94. The fourth-order valence-corrected chi connectivity index (χ4v) is 2.08. The standard InChI is InChI=1S/C15H13BrFNO3/c1-20-13-5-3-4-10(14(13)21-2)15(19)18-9-6-7-11(16)12(17)8-9/h3-8H,1-2H3,(H,18,19). The molecule has 0 atom stereocenters. The van der Waals surface area contributed by atoms with Crippen molar-refractivity contribution in [3.8, 4) is 11.5 Å². The Balaban J connectivity index is 2.30. The summed E-state index contributed by atoms with van der Waals surface area (Å²) in [6, 6.07) is 9.32. The molecule has 0 radical (unpaired) electrons. The van der Waals surface area contributed by atoms with E-state index in [0.29, 0.717) is 27.2 Å². The van der Waals surface area contributed by atoms with Crippen LogP contribution in [0.3, 0.4) is 0 Å². The van der Waals surface area contributed by atoms with Crippen molar-refractivity contribution in [1.29, 1.82) is 0 Å². The number of halogens is 2. The second kappa shape index (κ2) is 6.58. The summed E-state index contributed by atoms with van der Waals surface area (Å²) in [5.74, 6) is -0.0832. The van der Waals surface area contributed by atoms with E-state index in [1.807, 2.05) is 0 Å². The lowest BCUT2D eigenvalue weighted by atomic mass is 10.1. The Morgan fingerprint density at radius 1 is 1.19 bits per heavy atom.